The van der Waals surface area contributed by atoms with E-state index in [2.05, 4.69) is 15.7 Å². The highest BCUT2D eigenvalue weighted by molar-refractivity contribution is 5.99. The minimum absolute atomic E-state index is 0.00573. The van der Waals surface area contributed by atoms with Crippen molar-refractivity contribution in [1.29, 1.82) is 0 Å². The molecule has 0 atom stereocenters. The van der Waals surface area contributed by atoms with Gasteiger partial charge in [-0.25, -0.2) is 4.68 Å². The number of rotatable bonds is 7. The van der Waals surface area contributed by atoms with Crippen LogP contribution in [0.1, 0.15) is 64.9 Å². The molecular weight excluding hydrogens is 406 g/mol. The summed E-state index contributed by atoms with van der Waals surface area (Å²) in [5.74, 6) is -0.933. The zero-order valence-electron chi connectivity index (χ0n) is 18.1. The van der Waals surface area contributed by atoms with E-state index >= 15 is 0 Å². The summed E-state index contributed by atoms with van der Waals surface area (Å²) in [7, 11) is 0. The summed E-state index contributed by atoms with van der Waals surface area (Å²) in [6, 6.07) is 9.68. The van der Waals surface area contributed by atoms with Crippen LogP contribution >= 0.6 is 0 Å². The highest BCUT2D eigenvalue weighted by Crippen LogP contribution is 2.29. The van der Waals surface area contributed by atoms with Gasteiger partial charge in [0.25, 0.3) is 11.8 Å². The van der Waals surface area contributed by atoms with Crippen LogP contribution in [0.3, 0.4) is 0 Å². The van der Waals surface area contributed by atoms with Crippen molar-refractivity contribution in [1.82, 2.24) is 25.0 Å². The van der Waals surface area contributed by atoms with E-state index in [9.17, 15) is 14.4 Å². The Balaban J connectivity index is 1.54. The molecule has 8 nitrogen and oxygen atoms in total. The van der Waals surface area contributed by atoms with Crippen LogP contribution in [0.5, 0.6) is 0 Å². The molecule has 1 saturated carbocycles. The number of hydrogen-bond acceptors (Lipinski definition) is 4. The summed E-state index contributed by atoms with van der Waals surface area (Å²) >= 11 is 0. The van der Waals surface area contributed by atoms with Crippen molar-refractivity contribution >= 4 is 11.8 Å². The fourth-order valence-electron chi connectivity index (χ4n) is 4.06. The predicted octanol–water partition coefficient (Wildman–Crippen LogP) is 2.83. The van der Waals surface area contributed by atoms with Crippen LogP contribution in [0.25, 0.3) is 5.69 Å². The first-order valence-electron chi connectivity index (χ1n) is 11.0. The largest absolute Gasteiger partial charge is 0.352 e. The molecule has 1 fully saturated rings. The van der Waals surface area contributed by atoms with Gasteiger partial charge in [0.05, 0.1) is 5.69 Å². The molecule has 0 unspecified atom stereocenters. The topological polar surface area (TPSA) is 98.0 Å². The Bertz CT molecular complexity index is 1140. The molecule has 166 valence electrons. The average Bonchev–Trinajstić information content (AvgIpc) is 3.53. The quantitative estimate of drug-likeness (QED) is 0.599. The third kappa shape index (κ3) is 4.64. The summed E-state index contributed by atoms with van der Waals surface area (Å²) < 4.78 is 3.62. The fraction of sp³-hybridized carbons (Fsp3) is 0.333. The molecule has 2 amide bonds. The van der Waals surface area contributed by atoms with Crippen molar-refractivity contribution in [3.05, 3.63) is 82.0 Å². The molecule has 2 N–H and O–H groups in total. The summed E-state index contributed by atoms with van der Waals surface area (Å²) in [5, 5.41) is 9.68. The monoisotopic (exact) mass is 433 g/mol. The van der Waals surface area contributed by atoms with Crippen LogP contribution in [-0.4, -0.2) is 32.7 Å². The van der Waals surface area contributed by atoms with Crippen molar-refractivity contribution in [2.75, 3.05) is 6.54 Å². The van der Waals surface area contributed by atoms with Gasteiger partial charge in [0.2, 0.25) is 5.43 Å². The zero-order valence-corrected chi connectivity index (χ0v) is 18.1. The van der Waals surface area contributed by atoms with Crippen LogP contribution in [0, 0.1) is 0 Å². The molecule has 0 aliphatic heterocycles. The van der Waals surface area contributed by atoms with Gasteiger partial charge >= 0.3 is 0 Å². The van der Waals surface area contributed by atoms with Gasteiger partial charge in [-0.3, -0.25) is 14.4 Å². The Morgan fingerprint density at radius 3 is 2.28 bits per heavy atom. The molecular formula is C24H27N5O3. The first-order chi connectivity index (χ1) is 15.6. The lowest BCUT2D eigenvalue weighted by Crippen LogP contribution is -2.35. The van der Waals surface area contributed by atoms with Crippen molar-refractivity contribution in [3.8, 4) is 5.69 Å². The van der Waals surface area contributed by atoms with E-state index in [1.807, 2.05) is 41.1 Å². The average molecular weight is 434 g/mol. The van der Waals surface area contributed by atoms with E-state index in [1.165, 1.54) is 0 Å². The third-order valence-corrected chi connectivity index (χ3v) is 5.78. The molecule has 2 aromatic heterocycles. The number of pyridine rings is 1. The standard InChI is InChI=1S/C24H27N5O3/c1-2-25-23(31)20-15-28(18-6-3-4-7-18)16-21(22(20)30)24(32)26-14-17-8-10-19(11-9-17)29-13-5-12-27-29/h5,8-13,15-16,18H,2-4,6-7,14H2,1H3,(H,25,31)(H,26,32). The van der Waals surface area contributed by atoms with E-state index in [1.54, 1.807) is 30.2 Å². The molecule has 0 saturated heterocycles. The lowest BCUT2D eigenvalue weighted by molar-refractivity contribution is 0.0948. The number of nitrogens with zero attached hydrogens (tertiary/aromatic N) is 3. The number of carbonyl (C=O) groups is 2. The van der Waals surface area contributed by atoms with Gasteiger partial charge in [0.15, 0.2) is 0 Å². The lowest BCUT2D eigenvalue weighted by Gasteiger charge is -2.17. The van der Waals surface area contributed by atoms with Gasteiger partial charge in [0.1, 0.15) is 11.1 Å². The third-order valence-electron chi connectivity index (χ3n) is 5.78. The van der Waals surface area contributed by atoms with Crippen molar-refractivity contribution < 1.29 is 9.59 Å². The SMILES string of the molecule is CCNC(=O)c1cn(C2CCCC2)cc(C(=O)NCc2ccc(-n3cccn3)cc2)c1=O. The van der Waals surface area contributed by atoms with E-state index in [-0.39, 0.29) is 23.7 Å². The van der Waals surface area contributed by atoms with Crippen LogP contribution in [0.4, 0.5) is 0 Å². The Morgan fingerprint density at radius 2 is 1.69 bits per heavy atom. The molecule has 2 heterocycles. The van der Waals surface area contributed by atoms with Crippen molar-refractivity contribution in [2.24, 2.45) is 0 Å². The van der Waals surface area contributed by atoms with E-state index in [0.29, 0.717) is 6.54 Å². The highest BCUT2D eigenvalue weighted by Gasteiger charge is 2.23. The normalized spacial score (nSPS) is 13.8. The lowest BCUT2D eigenvalue weighted by atomic mass is 10.1. The Hall–Kier alpha value is -3.68. The van der Waals surface area contributed by atoms with E-state index in [4.69, 9.17) is 0 Å². The molecule has 0 bridgehead atoms. The second-order valence-electron chi connectivity index (χ2n) is 7.96. The number of amides is 2. The maximum atomic E-state index is 12.9. The number of hydrogen-bond donors (Lipinski definition) is 2. The molecule has 4 rings (SSSR count). The maximum absolute atomic E-state index is 12.9. The van der Waals surface area contributed by atoms with Crippen LogP contribution in [-0.2, 0) is 6.54 Å². The van der Waals surface area contributed by atoms with Crippen LogP contribution in [0.15, 0.2) is 59.9 Å². The number of aromatic nitrogens is 3. The van der Waals surface area contributed by atoms with Crippen molar-refractivity contribution in [2.45, 2.75) is 45.2 Å². The van der Waals surface area contributed by atoms with Gasteiger partial charge in [0, 0.05) is 43.9 Å². The summed E-state index contributed by atoms with van der Waals surface area (Å²) in [5.41, 5.74) is 1.27. The van der Waals surface area contributed by atoms with Gasteiger partial charge in [-0.05, 0) is 43.5 Å². The Morgan fingerprint density at radius 1 is 1.03 bits per heavy atom. The highest BCUT2D eigenvalue weighted by atomic mass is 16.2. The maximum Gasteiger partial charge on any atom is 0.257 e. The molecule has 32 heavy (non-hydrogen) atoms. The molecule has 0 radical (unpaired) electrons. The minimum atomic E-state index is -0.545. The molecule has 8 heteroatoms. The van der Waals surface area contributed by atoms with E-state index < -0.39 is 17.2 Å². The van der Waals surface area contributed by atoms with Gasteiger partial charge < -0.3 is 15.2 Å². The molecule has 1 aliphatic rings. The minimum Gasteiger partial charge on any atom is -0.352 e. The summed E-state index contributed by atoms with van der Waals surface area (Å²) in [6.07, 6.45) is 10.9. The molecule has 1 aromatic carbocycles. The van der Waals surface area contributed by atoms with Crippen LogP contribution < -0.4 is 16.1 Å². The molecule has 3 aromatic rings. The van der Waals surface area contributed by atoms with Gasteiger partial charge in [-0.2, -0.15) is 5.10 Å². The Labute approximate surface area is 186 Å². The first-order valence-corrected chi connectivity index (χ1v) is 11.0. The summed E-state index contributed by atoms with van der Waals surface area (Å²) in [6.45, 7) is 2.47. The fourth-order valence-corrected chi connectivity index (χ4v) is 4.06. The number of benzene rings is 1. The predicted molar refractivity (Wildman–Crippen MR) is 121 cm³/mol. The second-order valence-corrected chi connectivity index (χ2v) is 7.96. The molecule has 0 spiro atoms. The smallest absolute Gasteiger partial charge is 0.257 e. The van der Waals surface area contributed by atoms with Crippen molar-refractivity contribution in [3.63, 3.8) is 0 Å². The van der Waals surface area contributed by atoms with Crippen LogP contribution in [0.2, 0.25) is 0 Å². The number of nitrogens with one attached hydrogen (secondary N) is 2. The first kappa shape index (κ1) is 21.5. The summed E-state index contributed by atoms with van der Waals surface area (Å²) in [4.78, 5) is 38.3. The molecule has 1 aliphatic carbocycles. The van der Waals surface area contributed by atoms with Gasteiger partial charge in [-0.15, -0.1) is 0 Å². The second kappa shape index (κ2) is 9.64. The van der Waals surface area contributed by atoms with E-state index in [0.717, 1.165) is 36.9 Å². The van der Waals surface area contributed by atoms with Gasteiger partial charge in [-0.1, -0.05) is 25.0 Å². The zero-order chi connectivity index (χ0) is 22.5. The number of carbonyl (C=O) groups excluding carboxylic acids is 2. The Kier molecular flexibility index (Phi) is 6.49.